The molecule has 0 nitrogen and oxygen atoms in total. The third-order valence-corrected chi connectivity index (χ3v) is 4.38. The van der Waals surface area contributed by atoms with Gasteiger partial charge in [-0.15, -0.1) is 0 Å². The molecule has 28 heavy (non-hydrogen) atoms. The first-order valence-corrected chi connectivity index (χ1v) is 8.46. The molecule has 0 amide bonds. The van der Waals surface area contributed by atoms with Gasteiger partial charge in [0.2, 0.25) is 0 Å². The quantitative estimate of drug-likeness (QED) is 0.391. The molecule has 3 rings (SSSR count). The van der Waals surface area contributed by atoms with Crippen molar-refractivity contribution < 1.29 is 26.3 Å². The summed E-state index contributed by atoms with van der Waals surface area (Å²) in [7, 11) is 0. The lowest BCUT2D eigenvalue weighted by Gasteiger charge is -2.18. The van der Waals surface area contributed by atoms with Gasteiger partial charge < -0.3 is 0 Å². The minimum absolute atomic E-state index is 0.0358. The van der Waals surface area contributed by atoms with Crippen LogP contribution < -0.4 is 0 Å². The number of alkyl halides is 6. The second-order valence-electron chi connectivity index (χ2n) is 6.15. The molecule has 1 radical (unpaired) electrons. The lowest BCUT2D eigenvalue weighted by Crippen LogP contribution is -2.11. The van der Waals surface area contributed by atoms with Crippen molar-refractivity contribution in [2.24, 2.45) is 0 Å². The van der Waals surface area contributed by atoms with Crippen molar-refractivity contribution in [1.82, 2.24) is 0 Å². The first kappa shape index (κ1) is 20.3. The van der Waals surface area contributed by atoms with Crippen molar-refractivity contribution in [2.75, 3.05) is 0 Å². The first-order chi connectivity index (χ1) is 13.1. The maximum Gasteiger partial charge on any atom is 0.416 e. The molecule has 0 atom stereocenters. The Kier molecular flexibility index (Phi) is 5.44. The highest BCUT2D eigenvalue weighted by Gasteiger charge is 2.35. The molecule has 3 aromatic rings. The largest absolute Gasteiger partial charge is 0.416 e. The molecule has 0 N–H and O–H groups in total. The highest BCUT2D eigenvalue weighted by Crippen LogP contribution is 2.39. The Hall–Kier alpha value is -2.47. The van der Waals surface area contributed by atoms with Gasteiger partial charge in [-0.1, -0.05) is 41.9 Å². The van der Waals surface area contributed by atoms with Crippen LogP contribution in [0.15, 0.2) is 60.7 Å². The Morgan fingerprint density at radius 1 is 0.821 bits per heavy atom. The fraction of sp³-hybridized carbons (Fsp3) is 0.143. The number of rotatable bonds is 3. The second-order valence-corrected chi connectivity index (χ2v) is 6.58. The minimum atomic E-state index is -4.68. The lowest BCUT2D eigenvalue weighted by molar-refractivity contribution is -0.139. The van der Waals surface area contributed by atoms with E-state index in [-0.39, 0.29) is 28.1 Å². The zero-order valence-electron chi connectivity index (χ0n) is 14.1. The van der Waals surface area contributed by atoms with E-state index in [1.54, 1.807) is 30.3 Å². The van der Waals surface area contributed by atoms with E-state index in [1.807, 2.05) is 0 Å². The molecule has 7 heteroatoms. The maximum absolute atomic E-state index is 13.6. The lowest BCUT2D eigenvalue weighted by atomic mass is 9.90. The van der Waals surface area contributed by atoms with Gasteiger partial charge in [0.05, 0.1) is 11.1 Å². The summed E-state index contributed by atoms with van der Waals surface area (Å²) in [6, 6.07) is 15.8. The summed E-state index contributed by atoms with van der Waals surface area (Å²) >= 11 is 5.78. The molecule has 0 saturated heterocycles. The Morgan fingerprint density at radius 3 is 2.11 bits per heavy atom. The third-order valence-electron chi connectivity index (χ3n) is 4.16. The van der Waals surface area contributed by atoms with E-state index in [0.29, 0.717) is 5.56 Å². The molecule has 0 aliphatic heterocycles. The molecule has 0 fully saturated rings. The van der Waals surface area contributed by atoms with Crippen LogP contribution in [0.1, 0.15) is 22.3 Å². The number of hydrogen-bond acceptors (Lipinski definition) is 0. The van der Waals surface area contributed by atoms with Crippen LogP contribution in [0.4, 0.5) is 26.3 Å². The van der Waals surface area contributed by atoms with Gasteiger partial charge in [-0.2, -0.15) is 26.3 Å². The van der Waals surface area contributed by atoms with Gasteiger partial charge >= 0.3 is 12.4 Å². The first-order valence-electron chi connectivity index (χ1n) is 8.08. The average molecular weight is 414 g/mol. The van der Waals surface area contributed by atoms with Gasteiger partial charge in [0, 0.05) is 5.02 Å². The van der Waals surface area contributed by atoms with Crippen molar-refractivity contribution >= 4 is 11.6 Å². The standard InChI is InChI=1S/C21H12ClF6/c22-16-10-13(9-15(12-16)20(23,24)25)11-18-17(14-5-2-1-3-6-14)7-4-8-19(18)21(26,27)28/h1-3,5-10,12H,11H2. The van der Waals surface area contributed by atoms with Crippen LogP contribution in [-0.2, 0) is 18.8 Å². The van der Waals surface area contributed by atoms with Crippen LogP contribution >= 0.6 is 11.6 Å². The van der Waals surface area contributed by atoms with Gasteiger partial charge in [0.1, 0.15) is 0 Å². The molecule has 3 aromatic carbocycles. The molecule has 0 aliphatic rings. The monoisotopic (exact) mass is 413 g/mol. The average Bonchev–Trinajstić information content (AvgIpc) is 2.60. The molecule has 0 heterocycles. The van der Waals surface area contributed by atoms with Crippen LogP contribution in [0.5, 0.6) is 0 Å². The Labute approximate surface area is 162 Å². The summed E-state index contributed by atoms with van der Waals surface area (Å²) < 4.78 is 79.9. The molecular formula is C21H12ClF6. The van der Waals surface area contributed by atoms with E-state index in [9.17, 15) is 26.3 Å². The van der Waals surface area contributed by atoms with Gasteiger partial charge in [0.15, 0.2) is 0 Å². The van der Waals surface area contributed by atoms with Gasteiger partial charge in [-0.25, -0.2) is 0 Å². The topological polar surface area (TPSA) is 0 Å². The molecule has 0 aliphatic carbocycles. The summed E-state index contributed by atoms with van der Waals surface area (Å²) in [5, 5.41) is -0.192. The number of hydrogen-bond donors (Lipinski definition) is 0. The zero-order valence-corrected chi connectivity index (χ0v) is 14.9. The summed E-state index contributed by atoms with van der Waals surface area (Å²) in [5.41, 5.74) is -1.28. The molecule has 0 saturated carbocycles. The van der Waals surface area contributed by atoms with E-state index in [1.165, 1.54) is 12.1 Å². The highest BCUT2D eigenvalue weighted by molar-refractivity contribution is 6.30. The van der Waals surface area contributed by atoms with Crippen LogP contribution in [0.3, 0.4) is 0 Å². The van der Waals surface area contributed by atoms with Crippen molar-refractivity contribution in [3.8, 4) is 11.1 Å². The molecular weight excluding hydrogens is 402 g/mol. The Morgan fingerprint density at radius 2 is 1.50 bits per heavy atom. The zero-order chi connectivity index (χ0) is 20.5. The second kappa shape index (κ2) is 7.51. The summed E-state index contributed by atoms with van der Waals surface area (Å²) in [6.45, 7) is 0. The molecule has 0 spiro atoms. The molecule has 0 bridgehead atoms. The van der Waals surface area contributed by atoms with Gasteiger partial charge in [0.25, 0.3) is 0 Å². The van der Waals surface area contributed by atoms with Gasteiger partial charge in [-0.3, -0.25) is 0 Å². The fourth-order valence-electron chi connectivity index (χ4n) is 2.97. The summed E-state index contributed by atoms with van der Waals surface area (Å²) in [5.74, 6) is 0. The van der Waals surface area contributed by atoms with E-state index >= 15 is 0 Å². The Balaban J connectivity index is 2.17. The fourth-order valence-corrected chi connectivity index (χ4v) is 3.22. The SMILES string of the molecule is FC(F)(F)c1cc(Cl)cc(Cc2c(-c3ccccc3)c[c]cc2C(F)(F)F)c1. The molecule has 145 valence electrons. The maximum atomic E-state index is 13.6. The summed E-state index contributed by atoms with van der Waals surface area (Å²) in [6.07, 6.45) is -9.70. The Bertz CT molecular complexity index is 974. The number of benzene rings is 3. The minimum Gasteiger partial charge on any atom is -0.166 e. The van der Waals surface area contributed by atoms with E-state index in [0.717, 1.165) is 18.2 Å². The van der Waals surface area contributed by atoms with Crippen LogP contribution in [0, 0.1) is 6.07 Å². The predicted molar refractivity (Wildman–Crippen MR) is 95.0 cm³/mol. The van der Waals surface area contributed by atoms with Crippen molar-refractivity contribution in [2.45, 2.75) is 18.8 Å². The highest BCUT2D eigenvalue weighted by atomic mass is 35.5. The third kappa shape index (κ3) is 4.50. The van der Waals surface area contributed by atoms with Crippen LogP contribution in [0.25, 0.3) is 11.1 Å². The van der Waals surface area contributed by atoms with Crippen LogP contribution in [0.2, 0.25) is 5.02 Å². The van der Waals surface area contributed by atoms with Crippen molar-refractivity contribution in [3.63, 3.8) is 0 Å². The van der Waals surface area contributed by atoms with E-state index in [2.05, 4.69) is 6.07 Å². The number of halogens is 7. The van der Waals surface area contributed by atoms with E-state index in [4.69, 9.17) is 11.6 Å². The summed E-state index contributed by atoms with van der Waals surface area (Å²) in [4.78, 5) is 0. The molecule has 0 unspecified atom stereocenters. The van der Waals surface area contributed by atoms with Crippen LogP contribution in [-0.4, -0.2) is 0 Å². The molecule has 0 aromatic heterocycles. The van der Waals surface area contributed by atoms with Crippen molar-refractivity contribution in [1.29, 1.82) is 0 Å². The smallest absolute Gasteiger partial charge is 0.166 e. The van der Waals surface area contributed by atoms with Gasteiger partial charge in [-0.05, 0) is 65.1 Å². The normalized spacial score (nSPS) is 12.2. The predicted octanol–water partition coefficient (Wildman–Crippen LogP) is 7.44. The van der Waals surface area contributed by atoms with E-state index < -0.39 is 23.5 Å². The van der Waals surface area contributed by atoms with Crippen molar-refractivity contribution in [3.05, 3.63) is 94.0 Å².